The fourth-order valence-corrected chi connectivity index (χ4v) is 2.64. The van der Waals surface area contributed by atoms with Crippen molar-refractivity contribution in [1.29, 1.82) is 0 Å². The summed E-state index contributed by atoms with van der Waals surface area (Å²) in [5.74, 6) is 0.0973. The number of aryl methyl sites for hydroxylation is 1. The number of nitrogens with one attached hydrogen (secondary N) is 1. The van der Waals surface area contributed by atoms with Gasteiger partial charge in [-0.15, -0.1) is 0 Å². The molecule has 1 saturated heterocycles. The average molecular weight is 276 g/mol. The summed E-state index contributed by atoms with van der Waals surface area (Å²) < 4.78 is 5.67. The van der Waals surface area contributed by atoms with Gasteiger partial charge in [0.1, 0.15) is 0 Å². The lowest BCUT2D eigenvalue weighted by Crippen LogP contribution is -2.51. The third-order valence-electron chi connectivity index (χ3n) is 3.87. The fraction of sp³-hybridized carbons (Fsp3) is 0.562. The van der Waals surface area contributed by atoms with Gasteiger partial charge < -0.3 is 15.0 Å². The SMILES string of the molecule is CCC1COC(C)CN1C(=O)c1cc(C)ccc1NC. The van der Waals surface area contributed by atoms with Crippen LogP contribution in [0.15, 0.2) is 18.2 Å². The number of carbonyl (C=O) groups excluding carboxylic acids is 1. The first-order valence-corrected chi connectivity index (χ1v) is 7.27. The van der Waals surface area contributed by atoms with Gasteiger partial charge in [-0.3, -0.25) is 4.79 Å². The fourth-order valence-electron chi connectivity index (χ4n) is 2.64. The number of benzene rings is 1. The molecule has 0 spiro atoms. The summed E-state index contributed by atoms with van der Waals surface area (Å²) in [7, 11) is 1.85. The number of nitrogens with zero attached hydrogens (tertiary/aromatic N) is 1. The molecule has 1 N–H and O–H groups in total. The van der Waals surface area contributed by atoms with E-state index >= 15 is 0 Å². The molecule has 0 radical (unpaired) electrons. The number of rotatable bonds is 3. The summed E-state index contributed by atoms with van der Waals surface area (Å²) in [4.78, 5) is 14.8. The third kappa shape index (κ3) is 2.96. The summed E-state index contributed by atoms with van der Waals surface area (Å²) in [6, 6.07) is 6.11. The summed E-state index contributed by atoms with van der Waals surface area (Å²) in [6.07, 6.45) is 1.02. The van der Waals surface area contributed by atoms with Crippen LogP contribution in [-0.4, -0.2) is 43.2 Å². The molecule has 1 heterocycles. The second-order valence-corrected chi connectivity index (χ2v) is 5.46. The van der Waals surface area contributed by atoms with Crippen LogP contribution in [0.2, 0.25) is 0 Å². The van der Waals surface area contributed by atoms with Crippen LogP contribution in [0.1, 0.15) is 36.2 Å². The van der Waals surface area contributed by atoms with Gasteiger partial charge in [-0.2, -0.15) is 0 Å². The van der Waals surface area contributed by atoms with E-state index in [2.05, 4.69) is 12.2 Å². The number of morpholine rings is 1. The van der Waals surface area contributed by atoms with Crippen molar-refractivity contribution in [2.24, 2.45) is 0 Å². The Morgan fingerprint density at radius 1 is 1.50 bits per heavy atom. The molecular weight excluding hydrogens is 252 g/mol. The Hall–Kier alpha value is -1.55. The van der Waals surface area contributed by atoms with Gasteiger partial charge >= 0.3 is 0 Å². The normalized spacial score (nSPS) is 22.7. The first-order chi connectivity index (χ1) is 9.56. The molecule has 0 saturated carbocycles. The molecule has 0 aromatic heterocycles. The molecule has 1 amide bonds. The van der Waals surface area contributed by atoms with Crippen LogP contribution < -0.4 is 5.32 Å². The molecule has 4 heteroatoms. The topological polar surface area (TPSA) is 41.6 Å². The number of amides is 1. The molecule has 2 atom stereocenters. The molecule has 2 rings (SSSR count). The lowest BCUT2D eigenvalue weighted by atomic mass is 10.0. The molecule has 1 aromatic carbocycles. The highest BCUT2D eigenvalue weighted by molar-refractivity contribution is 6.00. The molecule has 110 valence electrons. The zero-order valence-electron chi connectivity index (χ0n) is 12.8. The van der Waals surface area contributed by atoms with Crippen molar-refractivity contribution < 1.29 is 9.53 Å². The van der Waals surface area contributed by atoms with E-state index in [9.17, 15) is 4.79 Å². The van der Waals surface area contributed by atoms with Crippen LogP contribution in [0.3, 0.4) is 0 Å². The Bertz CT molecular complexity index is 487. The minimum Gasteiger partial charge on any atom is -0.387 e. The van der Waals surface area contributed by atoms with Gasteiger partial charge in [-0.05, 0) is 32.4 Å². The van der Waals surface area contributed by atoms with Crippen LogP contribution in [0.4, 0.5) is 5.69 Å². The van der Waals surface area contributed by atoms with E-state index in [0.717, 1.165) is 23.2 Å². The zero-order valence-corrected chi connectivity index (χ0v) is 12.8. The van der Waals surface area contributed by atoms with Gasteiger partial charge in [0.05, 0.1) is 24.3 Å². The average Bonchev–Trinajstić information content (AvgIpc) is 2.46. The molecule has 2 unspecified atom stereocenters. The van der Waals surface area contributed by atoms with Crippen molar-refractivity contribution in [1.82, 2.24) is 4.90 Å². The quantitative estimate of drug-likeness (QED) is 0.923. The van der Waals surface area contributed by atoms with Crippen LogP contribution in [-0.2, 0) is 4.74 Å². The Kier molecular flexibility index (Phi) is 4.65. The third-order valence-corrected chi connectivity index (χ3v) is 3.87. The molecule has 1 aliphatic rings. The molecule has 1 aliphatic heterocycles. The maximum atomic E-state index is 12.9. The van der Waals surface area contributed by atoms with E-state index in [1.165, 1.54) is 0 Å². The summed E-state index contributed by atoms with van der Waals surface area (Å²) in [6.45, 7) is 7.41. The van der Waals surface area contributed by atoms with Crippen molar-refractivity contribution in [3.63, 3.8) is 0 Å². The summed E-state index contributed by atoms with van der Waals surface area (Å²) >= 11 is 0. The van der Waals surface area contributed by atoms with Gasteiger partial charge in [-0.1, -0.05) is 18.6 Å². The molecule has 1 aromatic rings. The smallest absolute Gasteiger partial charge is 0.256 e. The standard InChI is InChI=1S/C16H24N2O2/c1-5-13-10-20-12(3)9-18(13)16(19)14-8-11(2)6-7-15(14)17-4/h6-8,12-13,17H,5,9-10H2,1-4H3. The largest absolute Gasteiger partial charge is 0.387 e. The van der Waals surface area contributed by atoms with Gasteiger partial charge in [0.25, 0.3) is 5.91 Å². The number of carbonyl (C=O) groups is 1. The minimum atomic E-state index is 0.0973. The molecule has 4 nitrogen and oxygen atoms in total. The lowest BCUT2D eigenvalue weighted by molar-refractivity contribution is -0.0443. The number of hydrogen-bond acceptors (Lipinski definition) is 3. The van der Waals surface area contributed by atoms with Crippen molar-refractivity contribution in [3.8, 4) is 0 Å². The van der Waals surface area contributed by atoms with Crippen LogP contribution in [0.25, 0.3) is 0 Å². The Balaban J connectivity index is 2.31. The van der Waals surface area contributed by atoms with Crippen LogP contribution >= 0.6 is 0 Å². The second kappa shape index (κ2) is 6.27. The van der Waals surface area contributed by atoms with Gasteiger partial charge in [0.15, 0.2) is 0 Å². The summed E-state index contributed by atoms with van der Waals surface area (Å²) in [5, 5.41) is 3.11. The Morgan fingerprint density at radius 3 is 2.90 bits per heavy atom. The van der Waals surface area contributed by atoms with Crippen molar-refractivity contribution in [2.75, 3.05) is 25.5 Å². The van der Waals surface area contributed by atoms with E-state index in [0.29, 0.717) is 13.2 Å². The van der Waals surface area contributed by atoms with Crippen molar-refractivity contribution in [3.05, 3.63) is 29.3 Å². The summed E-state index contributed by atoms with van der Waals surface area (Å²) in [5.41, 5.74) is 2.73. The Labute approximate surface area is 121 Å². The lowest BCUT2D eigenvalue weighted by Gasteiger charge is -2.38. The molecule has 20 heavy (non-hydrogen) atoms. The van der Waals surface area contributed by atoms with Gasteiger partial charge in [0, 0.05) is 19.3 Å². The number of anilines is 1. The van der Waals surface area contributed by atoms with E-state index in [4.69, 9.17) is 4.74 Å². The van der Waals surface area contributed by atoms with E-state index in [-0.39, 0.29) is 18.1 Å². The highest BCUT2D eigenvalue weighted by atomic mass is 16.5. The maximum Gasteiger partial charge on any atom is 0.256 e. The predicted molar refractivity (Wildman–Crippen MR) is 81.3 cm³/mol. The second-order valence-electron chi connectivity index (χ2n) is 5.46. The van der Waals surface area contributed by atoms with E-state index < -0.39 is 0 Å². The van der Waals surface area contributed by atoms with Crippen molar-refractivity contribution >= 4 is 11.6 Å². The van der Waals surface area contributed by atoms with Crippen LogP contribution in [0.5, 0.6) is 0 Å². The Morgan fingerprint density at radius 2 is 2.25 bits per heavy atom. The predicted octanol–water partition coefficient (Wildman–Crippen LogP) is 2.68. The number of ether oxygens (including phenoxy) is 1. The number of hydrogen-bond donors (Lipinski definition) is 1. The molecule has 0 aliphatic carbocycles. The minimum absolute atomic E-state index is 0.0973. The van der Waals surface area contributed by atoms with E-state index in [1.807, 2.05) is 44.0 Å². The van der Waals surface area contributed by atoms with Crippen LogP contribution in [0, 0.1) is 6.92 Å². The highest BCUT2D eigenvalue weighted by Crippen LogP contribution is 2.23. The van der Waals surface area contributed by atoms with Crippen molar-refractivity contribution in [2.45, 2.75) is 39.3 Å². The van der Waals surface area contributed by atoms with E-state index in [1.54, 1.807) is 0 Å². The first-order valence-electron chi connectivity index (χ1n) is 7.27. The maximum absolute atomic E-state index is 12.9. The zero-order chi connectivity index (χ0) is 14.7. The monoisotopic (exact) mass is 276 g/mol. The molecule has 1 fully saturated rings. The first kappa shape index (κ1) is 14.9. The highest BCUT2D eigenvalue weighted by Gasteiger charge is 2.30. The molecular formula is C16H24N2O2. The molecule has 0 bridgehead atoms. The van der Waals surface area contributed by atoms with Gasteiger partial charge in [0.2, 0.25) is 0 Å². The van der Waals surface area contributed by atoms with Gasteiger partial charge in [-0.25, -0.2) is 0 Å².